The predicted molar refractivity (Wildman–Crippen MR) is 120 cm³/mol. The van der Waals surface area contributed by atoms with Gasteiger partial charge in [-0.05, 0) is 30.9 Å². The van der Waals surface area contributed by atoms with Crippen molar-refractivity contribution in [2.75, 3.05) is 26.2 Å². The Morgan fingerprint density at radius 1 is 1.32 bits per heavy atom. The number of nitrogens with one attached hydrogen (secondary N) is 2. The number of amides is 4. The van der Waals surface area contributed by atoms with E-state index in [9.17, 15) is 14.4 Å². The van der Waals surface area contributed by atoms with Crippen molar-refractivity contribution >= 4 is 17.8 Å². The molecule has 0 saturated carbocycles. The predicted octanol–water partition coefficient (Wildman–Crippen LogP) is 2.81. The van der Waals surface area contributed by atoms with Gasteiger partial charge >= 0.3 is 6.03 Å². The monoisotopic (exact) mass is 424 g/mol. The lowest BCUT2D eigenvalue weighted by atomic mass is 9.91. The molecule has 31 heavy (non-hydrogen) atoms. The van der Waals surface area contributed by atoms with Crippen LogP contribution in [-0.4, -0.2) is 53.8 Å². The number of rotatable bonds is 8. The van der Waals surface area contributed by atoms with Gasteiger partial charge < -0.3 is 15.5 Å². The van der Waals surface area contributed by atoms with Gasteiger partial charge in [0.1, 0.15) is 0 Å². The van der Waals surface area contributed by atoms with Crippen LogP contribution in [-0.2, 0) is 9.59 Å². The molecule has 166 valence electrons. The largest absolute Gasteiger partial charge is 0.356 e. The first-order valence-electron chi connectivity index (χ1n) is 10.8. The Hall–Kier alpha value is -3.09. The summed E-state index contributed by atoms with van der Waals surface area (Å²) in [5.41, 5.74) is 4.33. The second kappa shape index (κ2) is 9.37. The van der Waals surface area contributed by atoms with E-state index in [0.717, 1.165) is 16.7 Å². The minimum atomic E-state index is -0.503. The average molecular weight is 425 g/mol. The molecular weight excluding hydrogens is 392 g/mol. The van der Waals surface area contributed by atoms with E-state index in [0.29, 0.717) is 43.4 Å². The Kier molecular flexibility index (Phi) is 6.83. The van der Waals surface area contributed by atoms with Gasteiger partial charge in [0.25, 0.3) is 5.91 Å². The molecule has 3 rings (SSSR count). The lowest BCUT2D eigenvalue weighted by Crippen LogP contribution is -2.47. The molecule has 0 fully saturated rings. The fourth-order valence-electron chi connectivity index (χ4n) is 4.08. The van der Waals surface area contributed by atoms with E-state index < -0.39 is 6.04 Å². The first-order chi connectivity index (χ1) is 14.7. The third kappa shape index (κ3) is 4.81. The lowest BCUT2D eigenvalue weighted by Gasteiger charge is -2.33. The van der Waals surface area contributed by atoms with Crippen LogP contribution >= 0.6 is 0 Å². The van der Waals surface area contributed by atoms with Crippen LogP contribution in [0.2, 0.25) is 0 Å². The summed E-state index contributed by atoms with van der Waals surface area (Å²) < 4.78 is 0. The fraction of sp³-hybridized carbons (Fsp3) is 0.458. The van der Waals surface area contributed by atoms with E-state index in [1.54, 1.807) is 15.9 Å². The topological polar surface area (TPSA) is 81.8 Å². The Morgan fingerprint density at radius 3 is 2.71 bits per heavy atom. The van der Waals surface area contributed by atoms with Crippen molar-refractivity contribution in [3.05, 3.63) is 58.8 Å². The quantitative estimate of drug-likeness (QED) is 0.630. The van der Waals surface area contributed by atoms with Crippen molar-refractivity contribution in [1.29, 1.82) is 0 Å². The first-order valence-corrected chi connectivity index (χ1v) is 10.8. The Bertz CT molecular complexity index is 935. The summed E-state index contributed by atoms with van der Waals surface area (Å²) in [5, 5.41) is 5.89. The minimum Gasteiger partial charge on any atom is -0.356 e. The minimum absolute atomic E-state index is 0.0746. The van der Waals surface area contributed by atoms with Gasteiger partial charge in [-0.3, -0.25) is 14.5 Å². The summed E-state index contributed by atoms with van der Waals surface area (Å²) >= 11 is 0. The molecule has 2 N–H and O–H groups in total. The molecule has 7 nitrogen and oxygen atoms in total. The summed E-state index contributed by atoms with van der Waals surface area (Å²) in [6.07, 6.45) is 1.88. The SMILES string of the molecule is C=CCN1C(=O)N[C@H](c2ccc(C)cc2C)C2=C1CN(CCC(=O)NCC(C)C)C2=O. The number of aryl methyl sites for hydroxylation is 2. The van der Waals surface area contributed by atoms with E-state index in [-0.39, 0.29) is 24.3 Å². The van der Waals surface area contributed by atoms with Gasteiger partial charge in [0.15, 0.2) is 0 Å². The van der Waals surface area contributed by atoms with Crippen LogP contribution < -0.4 is 10.6 Å². The smallest absolute Gasteiger partial charge is 0.322 e. The highest BCUT2D eigenvalue weighted by Crippen LogP contribution is 2.37. The molecule has 0 bridgehead atoms. The van der Waals surface area contributed by atoms with Crippen LogP contribution in [0, 0.1) is 19.8 Å². The average Bonchev–Trinajstić information content (AvgIpc) is 3.03. The summed E-state index contributed by atoms with van der Waals surface area (Å²) in [4.78, 5) is 41.6. The van der Waals surface area contributed by atoms with Crippen LogP contribution in [0.25, 0.3) is 0 Å². The fourth-order valence-corrected chi connectivity index (χ4v) is 4.08. The molecule has 2 aliphatic rings. The Balaban J connectivity index is 1.85. The molecule has 1 atom stereocenters. The number of carbonyl (C=O) groups is 3. The zero-order valence-electron chi connectivity index (χ0n) is 18.8. The maximum absolute atomic E-state index is 13.4. The standard InChI is InChI=1S/C24H32N4O3/c1-6-10-28-19-14-27(11-9-20(29)25-13-15(2)3)23(30)21(19)22(26-24(28)31)18-8-7-16(4)12-17(18)5/h6-8,12,15,22H,1,9-11,13-14H2,2-5H3,(H,25,29)(H,26,31)/t22-/m1/s1. The van der Waals surface area contributed by atoms with Crippen LogP contribution in [0.4, 0.5) is 4.79 Å². The van der Waals surface area contributed by atoms with Crippen molar-refractivity contribution in [3.8, 4) is 0 Å². The molecular formula is C24H32N4O3. The third-order valence-electron chi connectivity index (χ3n) is 5.66. The van der Waals surface area contributed by atoms with Crippen LogP contribution in [0.1, 0.15) is 43.0 Å². The van der Waals surface area contributed by atoms with Crippen molar-refractivity contribution in [2.45, 2.75) is 40.2 Å². The second-order valence-corrected chi connectivity index (χ2v) is 8.68. The summed E-state index contributed by atoms with van der Waals surface area (Å²) in [6, 6.07) is 5.26. The van der Waals surface area contributed by atoms with Gasteiger partial charge in [0.05, 0.1) is 23.9 Å². The molecule has 0 spiro atoms. The maximum atomic E-state index is 13.4. The number of hydrogen-bond donors (Lipinski definition) is 2. The zero-order chi connectivity index (χ0) is 22.7. The molecule has 2 heterocycles. The van der Waals surface area contributed by atoms with E-state index in [2.05, 4.69) is 17.2 Å². The van der Waals surface area contributed by atoms with Crippen molar-refractivity contribution in [3.63, 3.8) is 0 Å². The summed E-state index contributed by atoms with van der Waals surface area (Å²) in [5.74, 6) is 0.162. The molecule has 7 heteroatoms. The molecule has 0 aliphatic carbocycles. The van der Waals surface area contributed by atoms with Crippen LogP contribution in [0.15, 0.2) is 42.1 Å². The van der Waals surface area contributed by atoms with Gasteiger partial charge in [-0.2, -0.15) is 0 Å². The van der Waals surface area contributed by atoms with Crippen molar-refractivity contribution in [2.24, 2.45) is 5.92 Å². The normalized spacial score (nSPS) is 18.4. The molecule has 1 aromatic rings. The molecule has 0 radical (unpaired) electrons. The van der Waals surface area contributed by atoms with E-state index in [4.69, 9.17) is 0 Å². The van der Waals surface area contributed by atoms with E-state index in [1.807, 2.05) is 45.9 Å². The first kappa shape index (κ1) is 22.6. The summed E-state index contributed by atoms with van der Waals surface area (Å²) in [6.45, 7) is 13.4. The number of urea groups is 1. The van der Waals surface area contributed by atoms with Gasteiger partial charge in [-0.25, -0.2) is 4.79 Å². The zero-order valence-corrected chi connectivity index (χ0v) is 18.8. The van der Waals surface area contributed by atoms with Crippen molar-refractivity contribution < 1.29 is 14.4 Å². The highest BCUT2D eigenvalue weighted by molar-refractivity contribution is 6.01. The van der Waals surface area contributed by atoms with Crippen molar-refractivity contribution in [1.82, 2.24) is 20.4 Å². The maximum Gasteiger partial charge on any atom is 0.322 e. The Morgan fingerprint density at radius 2 is 2.06 bits per heavy atom. The summed E-state index contributed by atoms with van der Waals surface area (Å²) in [7, 11) is 0. The molecule has 0 unspecified atom stereocenters. The lowest BCUT2D eigenvalue weighted by molar-refractivity contribution is -0.127. The highest BCUT2D eigenvalue weighted by Gasteiger charge is 2.43. The number of hydrogen-bond acceptors (Lipinski definition) is 3. The van der Waals surface area contributed by atoms with Crippen LogP contribution in [0.5, 0.6) is 0 Å². The number of carbonyl (C=O) groups excluding carboxylic acids is 3. The van der Waals surface area contributed by atoms with Gasteiger partial charge in [-0.1, -0.05) is 43.7 Å². The second-order valence-electron chi connectivity index (χ2n) is 8.68. The van der Waals surface area contributed by atoms with Crippen LogP contribution in [0.3, 0.4) is 0 Å². The molecule has 2 aliphatic heterocycles. The Labute approximate surface area is 184 Å². The van der Waals surface area contributed by atoms with E-state index >= 15 is 0 Å². The van der Waals surface area contributed by atoms with Gasteiger partial charge in [0, 0.05) is 26.1 Å². The number of nitrogens with zero attached hydrogens (tertiary/aromatic N) is 2. The number of benzene rings is 1. The highest BCUT2D eigenvalue weighted by atomic mass is 16.2. The molecule has 1 aromatic carbocycles. The van der Waals surface area contributed by atoms with Gasteiger partial charge in [-0.15, -0.1) is 6.58 Å². The molecule has 0 saturated heterocycles. The third-order valence-corrected chi connectivity index (χ3v) is 5.66. The molecule has 0 aromatic heterocycles. The van der Waals surface area contributed by atoms with Gasteiger partial charge in [0.2, 0.25) is 5.91 Å². The van der Waals surface area contributed by atoms with E-state index in [1.165, 1.54) is 0 Å². The molecule has 4 amide bonds.